The molecule has 1 heterocycles. The lowest BCUT2D eigenvalue weighted by Gasteiger charge is -2.21. The van der Waals surface area contributed by atoms with Gasteiger partial charge in [-0.05, 0) is 70.0 Å². The maximum Gasteiger partial charge on any atom is 0.0701 e. The van der Waals surface area contributed by atoms with E-state index < -0.39 is 0 Å². The molecule has 0 aliphatic heterocycles. The summed E-state index contributed by atoms with van der Waals surface area (Å²) in [7, 11) is 2.14. The van der Waals surface area contributed by atoms with Crippen molar-refractivity contribution in [2.75, 3.05) is 18.5 Å². The Labute approximate surface area is 127 Å². The van der Waals surface area contributed by atoms with Gasteiger partial charge >= 0.3 is 0 Å². The van der Waals surface area contributed by atoms with Gasteiger partial charge in [0.1, 0.15) is 0 Å². The molecule has 0 bridgehead atoms. The van der Waals surface area contributed by atoms with Crippen molar-refractivity contribution in [2.24, 2.45) is 5.73 Å². The molecule has 19 heavy (non-hydrogen) atoms. The van der Waals surface area contributed by atoms with Crippen molar-refractivity contribution in [3.05, 3.63) is 50.1 Å². The minimum absolute atomic E-state index is 0.706. The Hall–Kier alpha value is -0.840. The number of hydrogen-bond donors (Lipinski definition) is 1. The second kappa shape index (κ2) is 6.55. The van der Waals surface area contributed by atoms with Gasteiger partial charge < -0.3 is 10.6 Å². The molecule has 1 aromatic carbocycles. The van der Waals surface area contributed by atoms with Crippen LogP contribution in [-0.2, 0) is 13.0 Å². The lowest BCUT2D eigenvalue weighted by atomic mass is 10.1. The summed E-state index contributed by atoms with van der Waals surface area (Å²) in [5.41, 5.74) is 10.8. The fourth-order valence-corrected chi connectivity index (χ4v) is 3.46. The molecule has 2 N–H and O–H groups in total. The Morgan fingerprint density at radius 2 is 2.05 bits per heavy atom. The number of halogens is 1. The van der Waals surface area contributed by atoms with Gasteiger partial charge in [0, 0.05) is 19.3 Å². The van der Waals surface area contributed by atoms with Crippen molar-refractivity contribution in [1.29, 1.82) is 0 Å². The molecule has 2 rings (SSSR count). The van der Waals surface area contributed by atoms with Crippen LogP contribution in [0.3, 0.4) is 0 Å². The molecule has 0 saturated carbocycles. The van der Waals surface area contributed by atoms with Crippen molar-refractivity contribution >= 4 is 33.0 Å². The summed E-state index contributed by atoms with van der Waals surface area (Å²) in [4.78, 5) is 2.29. The average Bonchev–Trinajstić information content (AvgIpc) is 2.75. The maximum atomic E-state index is 5.60. The van der Waals surface area contributed by atoms with Crippen LogP contribution in [0.15, 0.2) is 33.4 Å². The molecule has 2 aromatic rings. The highest BCUT2D eigenvalue weighted by Gasteiger charge is 2.07. The maximum absolute atomic E-state index is 5.60. The first-order valence-corrected chi connectivity index (χ1v) is 8.01. The molecule has 0 atom stereocenters. The van der Waals surface area contributed by atoms with Gasteiger partial charge in [-0.1, -0.05) is 12.1 Å². The number of anilines is 1. The molecule has 4 heteroatoms. The first kappa shape index (κ1) is 14.6. The number of hydrogen-bond acceptors (Lipinski definition) is 3. The third kappa shape index (κ3) is 3.81. The zero-order chi connectivity index (χ0) is 13.8. The van der Waals surface area contributed by atoms with E-state index in [9.17, 15) is 0 Å². The first-order valence-electron chi connectivity index (χ1n) is 6.34. The fourth-order valence-electron chi connectivity index (χ4n) is 2.26. The number of aryl methyl sites for hydroxylation is 1. The zero-order valence-electron chi connectivity index (χ0n) is 11.3. The van der Waals surface area contributed by atoms with Crippen LogP contribution in [0.4, 0.5) is 5.69 Å². The molecular weight excluding hydrogens is 320 g/mol. The second-order valence-corrected chi connectivity index (χ2v) is 7.07. The van der Waals surface area contributed by atoms with E-state index in [0.29, 0.717) is 6.54 Å². The van der Waals surface area contributed by atoms with Crippen molar-refractivity contribution in [2.45, 2.75) is 19.9 Å². The molecule has 0 aliphatic rings. The standard InChI is InChI=1S/C15H19BrN2S/c1-11-7-12(5-6-17)3-4-14(11)18(2)9-13-8-15(16)19-10-13/h3-4,7-8,10H,5-6,9,17H2,1-2H3. The number of benzene rings is 1. The van der Waals surface area contributed by atoms with Crippen molar-refractivity contribution < 1.29 is 0 Å². The van der Waals surface area contributed by atoms with E-state index in [-0.39, 0.29) is 0 Å². The summed E-state index contributed by atoms with van der Waals surface area (Å²) >= 11 is 5.24. The lowest BCUT2D eigenvalue weighted by molar-refractivity contribution is 0.915. The third-order valence-corrected chi connectivity index (χ3v) is 4.70. The van der Waals surface area contributed by atoms with Gasteiger partial charge in [0.2, 0.25) is 0 Å². The van der Waals surface area contributed by atoms with E-state index in [1.807, 2.05) is 0 Å². The van der Waals surface area contributed by atoms with Crippen LogP contribution in [0.25, 0.3) is 0 Å². The Morgan fingerprint density at radius 3 is 2.63 bits per heavy atom. The quantitative estimate of drug-likeness (QED) is 0.894. The highest BCUT2D eigenvalue weighted by Crippen LogP contribution is 2.25. The normalized spacial score (nSPS) is 10.7. The van der Waals surface area contributed by atoms with Crippen molar-refractivity contribution in [3.8, 4) is 0 Å². The molecule has 0 fully saturated rings. The predicted octanol–water partition coefficient (Wildman–Crippen LogP) is 3.96. The third-order valence-electron chi connectivity index (χ3n) is 3.15. The number of nitrogens with zero attached hydrogens (tertiary/aromatic N) is 1. The van der Waals surface area contributed by atoms with E-state index in [1.54, 1.807) is 11.3 Å². The van der Waals surface area contributed by atoms with Gasteiger partial charge in [-0.3, -0.25) is 0 Å². The molecule has 0 saturated heterocycles. The highest BCUT2D eigenvalue weighted by atomic mass is 79.9. The fraction of sp³-hybridized carbons (Fsp3) is 0.333. The summed E-state index contributed by atoms with van der Waals surface area (Å²) in [6, 6.07) is 8.79. The summed E-state index contributed by atoms with van der Waals surface area (Å²) < 4.78 is 1.19. The Balaban J connectivity index is 2.12. The number of rotatable bonds is 5. The van der Waals surface area contributed by atoms with E-state index in [4.69, 9.17) is 5.73 Å². The van der Waals surface area contributed by atoms with Gasteiger partial charge in [0.05, 0.1) is 3.79 Å². The smallest absolute Gasteiger partial charge is 0.0701 e. The largest absolute Gasteiger partial charge is 0.370 e. The molecule has 102 valence electrons. The topological polar surface area (TPSA) is 29.3 Å². The van der Waals surface area contributed by atoms with Crippen LogP contribution in [0.1, 0.15) is 16.7 Å². The van der Waals surface area contributed by atoms with Gasteiger partial charge in [0.15, 0.2) is 0 Å². The summed E-state index contributed by atoms with van der Waals surface area (Å²) in [6.45, 7) is 3.80. The Kier molecular flexibility index (Phi) is 5.02. The van der Waals surface area contributed by atoms with E-state index >= 15 is 0 Å². The summed E-state index contributed by atoms with van der Waals surface area (Å²) in [6.07, 6.45) is 0.947. The van der Waals surface area contributed by atoms with Crippen LogP contribution < -0.4 is 10.6 Å². The van der Waals surface area contributed by atoms with Crippen molar-refractivity contribution in [1.82, 2.24) is 0 Å². The number of thiophene rings is 1. The zero-order valence-corrected chi connectivity index (χ0v) is 13.7. The molecule has 2 nitrogen and oxygen atoms in total. The summed E-state index contributed by atoms with van der Waals surface area (Å²) in [5, 5.41) is 2.19. The summed E-state index contributed by atoms with van der Waals surface area (Å²) in [5.74, 6) is 0. The van der Waals surface area contributed by atoms with Gasteiger partial charge in [-0.25, -0.2) is 0 Å². The minimum atomic E-state index is 0.706. The highest BCUT2D eigenvalue weighted by molar-refractivity contribution is 9.11. The SMILES string of the molecule is Cc1cc(CCN)ccc1N(C)Cc1csc(Br)c1. The van der Waals surface area contributed by atoms with Gasteiger partial charge in [-0.2, -0.15) is 0 Å². The number of nitrogens with two attached hydrogens (primary N) is 1. The second-order valence-electron chi connectivity index (χ2n) is 4.77. The van der Waals surface area contributed by atoms with Gasteiger partial charge in [-0.15, -0.1) is 11.3 Å². The molecule has 0 radical (unpaired) electrons. The Morgan fingerprint density at radius 1 is 1.26 bits per heavy atom. The van der Waals surface area contributed by atoms with Crippen LogP contribution in [-0.4, -0.2) is 13.6 Å². The predicted molar refractivity (Wildman–Crippen MR) is 88.1 cm³/mol. The van der Waals surface area contributed by atoms with Crippen LogP contribution in [0, 0.1) is 6.92 Å². The van der Waals surface area contributed by atoms with Crippen LogP contribution >= 0.6 is 27.3 Å². The van der Waals surface area contributed by atoms with Crippen LogP contribution in [0.2, 0.25) is 0 Å². The molecule has 0 amide bonds. The first-order chi connectivity index (χ1) is 9.10. The van der Waals surface area contributed by atoms with Gasteiger partial charge in [0.25, 0.3) is 0 Å². The van der Waals surface area contributed by atoms with E-state index in [0.717, 1.165) is 13.0 Å². The van der Waals surface area contributed by atoms with Crippen molar-refractivity contribution in [3.63, 3.8) is 0 Å². The average molecular weight is 339 g/mol. The minimum Gasteiger partial charge on any atom is -0.370 e. The van der Waals surface area contributed by atoms with E-state index in [1.165, 1.54) is 26.2 Å². The monoisotopic (exact) mass is 338 g/mol. The molecular formula is C15H19BrN2S. The molecule has 0 unspecified atom stereocenters. The molecule has 1 aromatic heterocycles. The molecule has 0 spiro atoms. The molecule has 0 aliphatic carbocycles. The lowest BCUT2D eigenvalue weighted by Crippen LogP contribution is -2.17. The Bertz CT molecular complexity index is 551. The van der Waals surface area contributed by atoms with Crippen LogP contribution in [0.5, 0.6) is 0 Å². The van der Waals surface area contributed by atoms with E-state index in [2.05, 4.69) is 64.4 Å².